The van der Waals surface area contributed by atoms with E-state index in [1.165, 1.54) is 10.1 Å². The Morgan fingerprint density at radius 3 is 3.27 bits per heavy atom. The monoisotopic (exact) mass is 190 g/mol. The number of thioether (sulfide) groups is 2. The lowest BCUT2D eigenvalue weighted by atomic mass is 10.7. The summed E-state index contributed by atoms with van der Waals surface area (Å²) in [5.41, 5.74) is 0. The first-order valence-corrected chi connectivity index (χ1v) is 5.91. The molecule has 1 N–H and O–H groups in total. The Hall–Kier alpha value is 0.330. The van der Waals surface area contributed by atoms with E-state index in [9.17, 15) is 0 Å². The van der Waals surface area contributed by atoms with Gasteiger partial charge >= 0.3 is 0 Å². The van der Waals surface area contributed by atoms with Gasteiger partial charge < -0.3 is 5.32 Å². The largest absolute Gasteiger partial charge is 0.316 e. The van der Waals surface area contributed by atoms with Crippen molar-refractivity contribution in [3.05, 3.63) is 0 Å². The van der Waals surface area contributed by atoms with Gasteiger partial charge in [-0.1, -0.05) is 30.4 Å². The summed E-state index contributed by atoms with van der Waals surface area (Å²) in [5, 5.41) is 3.29. The predicted octanol–water partition coefficient (Wildman–Crippen LogP) is 1.43. The quantitative estimate of drug-likeness (QED) is 0.679. The molecule has 0 aromatic rings. The number of aliphatic imine (C=N–C) groups is 1. The van der Waals surface area contributed by atoms with Crippen LogP contribution in [0.4, 0.5) is 0 Å². The van der Waals surface area contributed by atoms with Crippen LogP contribution in [0.5, 0.6) is 0 Å². The SMILES string of the molecule is CCNCCSC1=NCCS1. The van der Waals surface area contributed by atoms with Gasteiger partial charge in [-0.25, -0.2) is 0 Å². The Bertz CT molecular complexity index is 136. The molecule has 0 radical (unpaired) electrons. The van der Waals surface area contributed by atoms with Gasteiger partial charge in [0.1, 0.15) is 4.38 Å². The zero-order valence-corrected chi connectivity index (χ0v) is 8.43. The Morgan fingerprint density at radius 1 is 1.73 bits per heavy atom. The van der Waals surface area contributed by atoms with E-state index in [4.69, 9.17) is 0 Å². The maximum Gasteiger partial charge on any atom is 0.124 e. The first-order valence-electron chi connectivity index (χ1n) is 3.94. The van der Waals surface area contributed by atoms with Gasteiger partial charge in [-0.05, 0) is 6.54 Å². The first kappa shape index (κ1) is 9.42. The van der Waals surface area contributed by atoms with Gasteiger partial charge in [0.2, 0.25) is 0 Å². The maximum absolute atomic E-state index is 4.35. The summed E-state index contributed by atoms with van der Waals surface area (Å²) >= 11 is 3.76. The van der Waals surface area contributed by atoms with Crippen LogP contribution >= 0.6 is 23.5 Å². The molecule has 0 aromatic heterocycles. The fraction of sp³-hybridized carbons (Fsp3) is 0.857. The summed E-state index contributed by atoms with van der Waals surface area (Å²) in [7, 11) is 0. The summed E-state index contributed by atoms with van der Waals surface area (Å²) in [5.74, 6) is 2.34. The minimum absolute atomic E-state index is 1.02. The molecule has 0 aliphatic carbocycles. The molecule has 0 saturated carbocycles. The molecular weight excluding hydrogens is 176 g/mol. The van der Waals surface area contributed by atoms with Gasteiger partial charge in [-0.15, -0.1) is 0 Å². The van der Waals surface area contributed by atoms with E-state index in [1.54, 1.807) is 0 Å². The number of nitrogens with one attached hydrogen (secondary N) is 1. The van der Waals surface area contributed by atoms with Crippen LogP contribution in [0.25, 0.3) is 0 Å². The van der Waals surface area contributed by atoms with Gasteiger partial charge in [0.15, 0.2) is 0 Å². The molecule has 0 bridgehead atoms. The number of hydrogen-bond acceptors (Lipinski definition) is 4. The van der Waals surface area contributed by atoms with Crippen LogP contribution in [-0.4, -0.2) is 35.5 Å². The molecule has 4 heteroatoms. The number of nitrogens with zero attached hydrogens (tertiary/aromatic N) is 1. The molecule has 0 saturated heterocycles. The van der Waals surface area contributed by atoms with Crippen molar-refractivity contribution in [2.75, 3.05) is 31.1 Å². The predicted molar refractivity (Wildman–Crippen MR) is 55.8 cm³/mol. The van der Waals surface area contributed by atoms with Crippen LogP contribution in [0.1, 0.15) is 6.92 Å². The molecule has 0 aromatic carbocycles. The highest BCUT2D eigenvalue weighted by Gasteiger charge is 2.05. The van der Waals surface area contributed by atoms with Crippen LogP contribution in [0.2, 0.25) is 0 Å². The van der Waals surface area contributed by atoms with Crippen molar-refractivity contribution in [2.45, 2.75) is 6.92 Å². The fourth-order valence-electron chi connectivity index (χ4n) is 0.790. The molecule has 2 nitrogen and oxygen atoms in total. The smallest absolute Gasteiger partial charge is 0.124 e. The molecule has 1 aliphatic rings. The van der Waals surface area contributed by atoms with Gasteiger partial charge in [0.05, 0.1) is 6.54 Å². The second kappa shape index (κ2) is 5.91. The van der Waals surface area contributed by atoms with E-state index in [1.807, 2.05) is 23.5 Å². The summed E-state index contributed by atoms with van der Waals surface area (Å²) in [6.45, 7) is 5.32. The molecule has 64 valence electrons. The van der Waals surface area contributed by atoms with Crippen LogP contribution in [0, 0.1) is 0 Å². The van der Waals surface area contributed by atoms with Crippen molar-refractivity contribution >= 4 is 27.9 Å². The molecule has 1 heterocycles. The van der Waals surface area contributed by atoms with E-state index in [0.717, 1.165) is 25.4 Å². The molecule has 0 atom stereocenters. The zero-order chi connectivity index (χ0) is 7.94. The lowest BCUT2D eigenvalue weighted by Crippen LogP contribution is -2.16. The third-order valence-electron chi connectivity index (χ3n) is 1.31. The Morgan fingerprint density at radius 2 is 2.64 bits per heavy atom. The molecule has 11 heavy (non-hydrogen) atoms. The molecule has 0 fully saturated rings. The molecule has 1 rings (SSSR count). The second-order valence-corrected chi connectivity index (χ2v) is 4.62. The van der Waals surface area contributed by atoms with Crippen LogP contribution < -0.4 is 5.32 Å². The first-order chi connectivity index (χ1) is 5.43. The normalized spacial score (nSPS) is 17.0. The van der Waals surface area contributed by atoms with Gasteiger partial charge in [0, 0.05) is 18.1 Å². The van der Waals surface area contributed by atoms with E-state index >= 15 is 0 Å². The van der Waals surface area contributed by atoms with Gasteiger partial charge in [-0.2, -0.15) is 0 Å². The van der Waals surface area contributed by atoms with E-state index < -0.39 is 0 Å². The van der Waals surface area contributed by atoms with Crippen molar-refractivity contribution in [3.8, 4) is 0 Å². The van der Waals surface area contributed by atoms with E-state index in [2.05, 4.69) is 17.2 Å². The van der Waals surface area contributed by atoms with E-state index in [0.29, 0.717) is 0 Å². The topological polar surface area (TPSA) is 24.4 Å². The molecule has 1 aliphatic heterocycles. The Kier molecular flexibility index (Phi) is 5.06. The Balaban J connectivity index is 1.94. The minimum atomic E-state index is 1.02. The van der Waals surface area contributed by atoms with Crippen molar-refractivity contribution in [1.82, 2.24) is 5.32 Å². The van der Waals surface area contributed by atoms with Crippen molar-refractivity contribution < 1.29 is 0 Å². The average molecular weight is 190 g/mol. The van der Waals surface area contributed by atoms with E-state index in [-0.39, 0.29) is 0 Å². The fourth-order valence-corrected chi connectivity index (χ4v) is 2.77. The highest BCUT2D eigenvalue weighted by atomic mass is 32.2. The summed E-state index contributed by atoms with van der Waals surface area (Å²) in [6.07, 6.45) is 0. The van der Waals surface area contributed by atoms with Crippen LogP contribution in [0.15, 0.2) is 4.99 Å². The third-order valence-corrected chi connectivity index (χ3v) is 3.57. The van der Waals surface area contributed by atoms with Gasteiger partial charge in [-0.3, -0.25) is 4.99 Å². The van der Waals surface area contributed by atoms with Crippen molar-refractivity contribution in [1.29, 1.82) is 0 Å². The lowest BCUT2D eigenvalue weighted by Gasteiger charge is -1.99. The second-order valence-electron chi connectivity index (χ2n) is 2.20. The third kappa shape index (κ3) is 4.03. The summed E-state index contributed by atoms with van der Waals surface area (Å²) < 4.78 is 1.28. The minimum Gasteiger partial charge on any atom is -0.316 e. The molecule has 0 unspecified atom stereocenters. The molecular formula is C7H14N2S2. The van der Waals surface area contributed by atoms with Crippen molar-refractivity contribution in [3.63, 3.8) is 0 Å². The standard InChI is InChI=1S/C7H14N2S2/c1-2-8-3-5-10-7-9-4-6-11-7/h8H,2-6H2,1H3. The van der Waals surface area contributed by atoms with Crippen LogP contribution in [0.3, 0.4) is 0 Å². The maximum atomic E-state index is 4.35. The highest BCUT2D eigenvalue weighted by Crippen LogP contribution is 2.21. The highest BCUT2D eigenvalue weighted by molar-refractivity contribution is 8.39. The molecule has 0 spiro atoms. The van der Waals surface area contributed by atoms with Crippen molar-refractivity contribution in [2.24, 2.45) is 4.99 Å². The van der Waals surface area contributed by atoms with Crippen LogP contribution in [-0.2, 0) is 0 Å². The summed E-state index contributed by atoms with van der Waals surface area (Å²) in [6, 6.07) is 0. The number of hydrogen-bond donors (Lipinski definition) is 1. The molecule has 0 amide bonds. The zero-order valence-electron chi connectivity index (χ0n) is 6.80. The van der Waals surface area contributed by atoms with Gasteiger partial charge in [0.25, 0.3) is 0 Å². The summed E-state index contributed by atoms with van der Waals surface area (Å²) in [4.78, 5) is 4.35. The Labute approximate surface area is 76.6 Å². The number of rotatable bonds is 4. The lowest BCUT2D eigenvalue weighted by molar-refractivity contribution is 0.769. The average Bonchev–Trinajstić information content (AvgIpc) is 2.50.